The molecule has 2 aromatic heterocycles. The van der Waals surface area contributed by atoms with Crippen LogP contribution in [0.3, 0.4) is 0 Å². The van der Waals surface area contributed by atoms with Crippen molar-refractivity contribution in [2.45, 2.75) is 25.7 Å². The summed E-state index contributed by atoms with van der Waals surface area (Å²) in [5.41, 5.74) is 1.11. The number of nitrogens with one attached hydrogen (secondary N) is 1. The maximum atomic E-state index is 13.7. The molecule has 1 amide bonds. The number of benzene rings is 3. The molecule has 5 rings (SSSR count). The van der Waals surface area contributed by atoms with Gasteiger partial charge >= 0.3 is 12.1 Å². The van der Waals surface area contributed by atoms with Gasteiger partial charge in [0, 0.05) is 23.2 Å². The number of nitrogens with zero attached hydrogens (tertiary/aromatic N) is 2. The lowest BCUT2D eigenvalue weighted by Gasteiger charge is -2.17. The van der Waals surface area contributed by atoms with Crippen LogP contribution in [0.15, 0.2) is 85.2 Å². The van der Waals surface area contributed by atoms with Crippen molar-refractivity contribution in [3.8, 4) is 0 Å². The predicted octanol–water partition coefficient (Wildman–Crippen LogP) is 6.53. The third-order valence-corrected chi connectivity index (χ3v) is 6.63. The van der Waals surface area contributed by atoms with Gasteiger partial charge in [0.1, 0.15) is 0 Å². The van der Waals surface area contributed by atoms with Crippen LogP contribution in [-0.4, -0.2) is 28.5 Å². The molecule has 0 spiro atoms. The summed E-state index contributed by atoms with van der Waals surface area (Å²) in [6, 6.07) is 19.1. The topological polar surface area (TPSA) is 73.2 Å². The van der Waals surface area contributed by atoms with E-state index in [4.69, 9.17) is 4.74 Å². The Morgan fingerprint density at radius 3 is 2.38 bits per heavy atom. The minimum absolute atomic E-state index is 0.0938. The number of methoxy groups -OCH3 is 1. The minimum atomic E-state index is -4.62. The maximum Gasteiger partial charge on any atom is 0.416 e. The molecule has 1 N–H and O–H groups in total. The van der Waals surface area contributed by atoms with Crippen LogP contribution in [0.1, 0.15) is 50.5 Å². The van der Waals surface area contributed by atoms with E-state index in [1.54, 1.807) is 54.2 Å². The highest BCUT2D eigenvalue weighted by atomic mass is 19.4. The zero-order valence-corrected chi connectivity index (χ0v) is 21.1. The Labute approximate surface area is 222 Å². The van der Waals surface area contributed by atoms with Gasteiger partial charge in [0.25, 0.3) is 5.91 Å². The van der Waals surface area contributed by atoms with Gasteiger partial charge in [0.2, 0.25) is 0 Å². The van der Waals surface area contributed by atoms with Gasteiger partial charge in [-0.1, -0.05) is 36.4 Å². The Bertz CT molecular complexity index is 1690. The molecule has 0 bridgehead atoms. The molecule has 6 nitrogen and oxygen atoms in total. The Kier molecular flexibility index (Phi) is 6.82. The predicted molar refractivity (Wildman–Crippen MR) is 141 cm³/mol. The monoisotopic (exact) mass is 531 g/mol. The first-order valence-corrected chi connectivity index (χ1v) is 12.2. The molecule has 1 atom stereocenters. The third kappa shape index (κ3) is 5.34. The van der Waals surface area contributed by atoms with Gasteiger partial charge in [0.05, 0.1) is 47.6 Å². The molecule has 198 valence electrons. The molecule has 0 radical (unpaired) electrons. The Balaban J connectivity index is 1.50. The van der Waals surface area contributed by atoms with Crippen molar-refractivity contribution in [2.24, 2.45) is 0 Å². The van der Waals surface area contributed by atoms with E-state index in [1.165, 1.54) is 7.11 Å². The van der Waals surface area contributed by atoms with Crippen LogP contribution in [0.25, 0.3) is 21.7 Å². The fraction of sp³-hybridized carbons (Fsp3) is 0.167. The summed E-state index contributed by atoms with van der Waals surface area (Å²) in [5, 5.41) is 5.06. The van der Waals surface area contributed by atoms with Crippen molar-refractivity contribution in [1.29, 1.82) is 0 Å². The number of pyridine rings is 1. The minimum Gasteiger partial charge on any atom is -0.465 e. The van der Waals surface area contributed by atoms with Crippen LogP contribution in [0.2, 0.25) is 0 Å². The van der Waals surface area contributed by atoms with Crippen LogP contribution in [0, 0.1) is 0 Å². The lowest BCUT2D eigenvalue weighted by molar-refractivity contribution is -0.137. The summed E-state index contributed by atoms with van der Waals surface area (Å²) < 4.78 is 47.6. The number of rotatable bonds is 6. The standard InChI is InChI=1S/C30H24F3N3O3/c1-18(19-7-9-20(10-8-19)29(38)39-2)35-28(37)26-15-24(30(31,32)33)13-22-11-12-36(27(22)26)17-25-14-21-5-3-4-6-23(21)16-34-25/h3-16,18H,17H2,1-2H3,(H,35,37)/t18-/m0/s1. The number of aromatic nitrogens is 2. The highest BCUT2D eigenvalue weighted by molar-refractivity contribution is 6.06. The van der Waals surface area contributed by atoms with Crippen molar-refractivity contribution in [3.05, 3.63) is 113 Å². The number of halogens is 3. The van der Waals surface area contributed by atoms with Gasteiger partial charge in [-0.2, -0.15) is 13.2 Å². The number of carbonyl (C=O) groups is 2. The second-order valence-corrected chi connectivity index (χ2v) is 9.23. The van der Waals surface area contributed by atoms with Crippen LogP contribution in [-0.2, 0) is 17.5 Å². The molecule has 3 aromatic carbocycles. The van der Waals surface area contributed by atoms with E-state index in [-0.39, 0.29) is 12.1 Å². The van der Waals surface area contributed by atoms with E-state index in [0.29, 0.717) is 27.7 Å². The number of amides is 1. The van der Waals surface area contributed by atoms with Gasteiger partial charge in [-0.25, -0.2) is 4.79 Å². The fourth-order valence-electron chi connectivity index (χ4n) is 4.59. The number of carbonyl (C=O) groups excluding carboxylic acids is 2. The second kappa shape index (κ2) is 10.2. The summed E-state index contributed by atoms with van der Waals surface area (Å²) in [6.07, 6.45) is -1.22. The molecule has 0 saturated carbocycles. The first kappa shape index (κ1) is 26.0. The lowest BCUT2D eigenvalue weighted by Crippen LogP contribution is -2.27. The average Bonchev–Trinajstić information content (AvgIpc) is 3.34. The molecule has 0 aliphatic heterocycles. The molecule has 0 aliphatic rings. The van der Waals surface area contributed by atoms with E-state index in [9.17, 15) is 22.8 Å². The molecule has 9 heteroatoms. The third-order valence-electron chi connectivity index (χ3n) is 6.63. The smallest absolute Gasteiger partial charge is 0.416 e. The number of alkyl halides is 3. The zero-order valence-electron chi connectivity index (χ0n) is 21.1. The number of hydrogen-bond donors (Lipinski definition) is 1. The van der Waals surface area contributed by atoms with Gasteiger partial charge in [-0.15, -0.1) is 0 Å². The lowest BCUT2D eigenvalue weighted by atomic mass is 10.0. The van der Waals surface area contributed by atoms with E-state index >= 15 is 0 Å². The van der Waals surface area contributed by atoms with Crippen LogP contribution in [0.5, 0.6) is 0 Å². The van der Waals surface area contributed by atoms with Gasteiger partial charge in [-0.3, -0.25) is 9.78 Å². The van der Waals surface area contributed by atoms with Crippen molar-refractivity contribution in [2.75, 3.05) is 7.11 Å². The van der Waals surface area contributed by atoms with Crippen molar-refractivity contribution < 1.29 is 27.5 Å². The first-order chi connectivity index (χ1) is 18.6. The average molecular weight is 532 g/mol. The molecule has 0 fully saturated rings. The largest absolute Gasteiger partial charge is 0.465 e. The molecule has 0 unspecified atom stereocenters. The SMILES string of the molecule is COC(=O)c1ccc([C@H](C)NC(=O)c2cc(C(F)(F)F)cc3ccn(Cc4cc5ccccc5cn4)c23)cc1. The van der Waals surface area contributed by atoms with E-state index in [1.807, 2.05) is 30.3 Å². The zero-order chi connectivity index (χ0) is 27.7. The van der Waals surface area contributed by atoms with Crippen LogP contribution < -0.4 is 5.32 Å². The molecular weight excluding hydrogens is 507 g/mol. The van der Waals surface area contributed by atoms with Crippen LogP contribution in [0.4, 0.5) is 13.2 Å². The Morgan fingerprint density at radius 1 is 0.974 bits per heavy atom. The molecule has 5 aromatic rings. The van der Waals surface area contributed by atoms with E-state index < -0.39 is 29.7 Å². The number of ether oxygens (including phenoxy) is 1. The molecule has 39 heavy (non-hydrogen) atoms. The molecule has 2 heterocycles. The van der Waals surface area contributed by atoms with Gasteiger partial charge in [-0.05, 0) is 54.3 Å². The quantitative estimate of drug-likeness (QED) is 0.253. The summed E-state index contributed by atoms with van der Waals surface area (Å²) >= 11 is 0. The van der Waals surface area contributed by atoms with Crippen LogP contribution >= 0.6 is 0 Å². The summed E-state index contributed by atoms with van der Waals surface area (Å²) in [7, 11) is 1.28. The molecular formula is C30H24F3N3O3. The first-order valence-electron chi connectivity index (χ1n) is 12.2. The summed E-state index contributed by atoms with van der Waals surface area (Å²) in [4.78, 5) is 29.6. The van der Waals surface area contributed by atoms with Crippen molar-refractivity contribution in [3.63, 3.8) is 0 Å². The normalized spacial score (nSPS) is 12.4. The number of esters is 1. The van der Waals surface area contributed by atoms with Crippen molar-refractivity contribution >= 4 is 33.6 Å². The number of hydrogen-bond acceptors (Lipinski definition) is 4. The van der Waals surface area contributed by atoms with E-state index in [2.05, 4.69) is 10.3 Å². The summed E-state index contributed by atoms with van der Waals surface area (Å²) in [6.45, 7) is 1.98. The molecule has 0 aliphatic carbocycles. The van der Waals surface area contributed by atoms with Gasteiger partial charge < -0.3 is 14.6 Å². The highest BCUT2D eigenvalue weighted by Gasteiger charge is 2.33. The van der Waals surface area contributed by atoms with E-state index in [0.717, 1.165) is 22.9 Å². The fourth-order valence-corrected chi connectivity index (χ4v) is 4.59. The number of fused-ring (bicyclic) bond motifs is 2. The molecule has 0 saturated heterocycles. The van der Waals surface area contributed by atoms with Crippen molar-refractivity contribution in [1.82, 2.24) is 14.9 Å². The van der Waals surface area contributed by atoms with Gasteiger partial charge in [0.15, 0.2) is 0 Å². The second-order valence-electron chi connectivity index (χ2n) is 9.23. The highest BCUT2D eigenvalue weighted by Crippen LogP contribution is 2.34. The maximum absolute atomic E-state index is 13.7. The Morgan fingerprint density at radius 2 is 1.69 bits per heavy atom. The Hall–Kier alpha value is -4.66. The summed E-state index contributed by atoms with van der Waals surface area (Å²) in [5.74, 6) is -1.15.